The van der Waals surface area contributed by atoms with Crippen LogP contribution in [0.2, 0.25) is 10.3 Å². The molecular weight excluding hydrogens is 269 g/mol. The van der Waals surface area contributed by atoms with Crippen molar-refractivity contribution in [3.05, 3.63) is 39.9 Å². The Bertz CT molecular complexity index is 547. The summed E-state index contributed by atoms with van der Waals surface area (Å²) in [5.41, 5.74) is 2.79. The van der Waals surface area contributed by atoms with Crippen molar-refractivity contribution in [1.29, 1.82) is 0 Å². The largest absolute Gasteiger partial charge is 0.264 e. The van der Waals surface area contributed by atoms with Gasteiger partial charge in [0.1, 0.15) is 10.3 Å². The molecule has 94 valence electrons. The smallest absolute Gasteiger partial charge is 0.162 e. The van der Waals surface area contributed by atoms with E-state index in [4.69, 9.17) is 23.2 Å². The van der Waals surface area contributed by atoms with Gasteiger partial charge < -0.3 is 0 Å². The topological polar surface area (TPSA) is 38.7 Å². The van der Waals surface area contributed by atoms with Crippen LogP contribution in [0.25, 0.3) is 11.4 Å². The first-order valence-electron chi connectivity index (χ1n) is 5.82. The van der Waals surface area contributed by atoms with E-state index in [1.54, 1.807) is 6.20 Å². The molecule has 2 aromatic heterocycles. The molecule has 0 spiro atoms. The Morgan fingerprint density at radius 1 is 1.06 bits per heavy atom. The highest BCUT2D eigenvalue weighted by Gasteiger charge is 2.13. The number of aromatic nitrogens is 3. The zero-order chi connectivity index (χ0) is 13.1. The van der Waals surface area contributed by atoms with Gasteiger partial charge in [-0.05, 0) is 24.5 Å². The van der Waals surface area contributed by atoms with Gasteiger partial charge in [0.2, 0.25) is 0 Å². The lowest BCUT2D eigenvalue weighted by molar-refractivity contribution is 1.04. The lowest BCUT2D eigenvalue weighted by atomic mass is 10.1. The summed E-state index contributed by atoms with van der Waals surface area (Å²) in [6.07, 6.45) is 5.11. The molecule has 0 aliphatic carbocycles. The fourth-order valence-electron chi connectivity index (χ4n) is 1.77. The summed E-state index contributed by atoms with van der Waals surface area (Å²) in [7, 11) is 0. The summed E-state index contributed by atoms with van der Waals surface area (Å²) < 4.78 is 0. The Morgan fingerprint density at radius 3 is 2.28 bits per heavy atom. The summed E-state index contributed by atoms with van der Waals surface area (Å²) in [4.78, 5) is 12.8. The summed E-state index contributed by atoms with van der Waals surface area (Å²) in [5.74, 6) is 0.557. The van der Waals surface area contributed by atoms with Crippen LogP contribution in [-0.2, 0) is 12.8 Å². The van der Waals surface area contributed by atoms with Gasteiger partial charge in [-0.2, -0.15) is 0 Å². The maximum Gasteiger partial charge on any atom is 0.162 e. The predicted octanol–water partition coefficient (Wildman–Crippen LogP) is 3.97. The number of rotatable bonds is 3. The quantitative estimate of drug-likeness (QED) is 0.799. The Kier molecular flexibility index (Phi) is 4.15. The lowest BCUT2D eigenvalue weighted by Gasteiger charge is -2.09. The monoisotopic (exact) mass is 281 g/mol. The van der Waals surface area contributed by atoms with Crippen LogP contribution >= 0.6 is 23.2 Å². The number of hydrogen-bond acceptors (Lipinski definition) is 3. The number of pyridine rings is 1. The fraction of sp³-hybridized carbons (Fsp3) is 0.308. The Balaban J connectivity index is 2.58. The molecule has 18 heavy (non-hydrogen) atoms. The molecule has 2 heterocycles. The van der Waals surface area contributed by atoms with E-state index in [0.29, 0.717) is 16.1 Å². The van der Waals surface area contributed by atoms with Gasteiger partial charge in [0.05, 0.1) is 0 Å². The fourth-order valence-corrected chi connectivity index (χ4v) is 2.43. The van der Waals surface area contributed by atoms with Crippen LogP contribution in [0.3, 0.4) is 0 Å². The molecule has 0 unspecified atom stereocenters. The van der Waals surface area contributed by atoms with Crippen molar-refractivity contribution in [3.63, 3.8) is 0 Å². The number of nitrogens with zero attached hydrogens (tertiary/aromatic N) is 3. The SMILES string of the molecule is CCc1cnccc1-c1nc(Cl)c(CC)c(Cl)n1. The average molecular weight is 282 g/mol. The minimum Gasteiger partial charge on any atom is -0.264 e. The molecular formula is C13H13Cl2N3. The van der Waals surface area contributed by atoms with Gasteiger partial charge in [-0.1, -0.05) is 37.0 Å². The average Bonchev–Trinajstić information content (AvgIpc) is 2.38. The molecule has 0 aliphatic heterocycles. The van der Waals surface area contributed by atoms with Crippen molar-refractivity contribution < 1.29 is 0 Å². The maximum absolute atomic E-state index is 6.13. The van der Waals surface area contributed by atoms with Gasteiger partial charge in [-0.25, -0.2) is 9.97 Å². The van der Waals surface area contributed by atoms with E-state index < -0.39 is 0 Å². The summed E-state index contributed by atoms with van der Waals surface area (Å²) in [5, 5.41) is 0.845. The minimum atomic E-state index is 0.423. The van der Waals surface area contributed by atoms with Gasteiger partial charge in [0, 0.05) is 23.5 Å². The van der Waals surface area contributed by atoms with Crippen molar-refractivity contribution in [2.24, 2.45) is 0 Å². The molecule has 0 bridgehead atoms. The third-order valence-electron chi connectivity index (χ3n) is 2.79. The summed E-state index contributed by atoms with van der Waals surface area (Å²) in [6.45, 7) is 4.03. The molecule has 0 fully saturated rings. The second-order valence-corrected chi connectivity index (χ2v) is 4.56. The minimum absolute atomic E-state index is 0.423. The van der Waals surface area contributed by atoms with E-state index in [0.717, 1.165) is 29.5 Å². The Morgan fingerprint density at radius 2 is 1.72 bits per heavy atom. The molecule has 2 aromatic rings. The van der Waals surface area contributed by atoms with E-state index in [1.165, 1.54) is 0 Å². The number of hydrogen-bond donors (Lipinski definition) is 0. The van der Waals surface area contributed by atoms with E-state index in [2.05, 4.69) is 21.9 Å². The molecule has 0 aliphatic rings. The normalized spacial score (nSPS) is 10.7. The molecule has 0 N–H and O–H groups in total. The summed E-state index contributed by atoms with van der Waals surface area (Å²) in [6, 6.07) is 1.88. The van der Waals surface area contributed by atoms with Crippen LogP contribution in [0.5, 0.6) is 0 Å². The van der Waals surface area contributed by atoms with Gasteiger partial charge in [-0.15, -0.1) is 0 Å². The van der Waals surface area contributed by atoms with Crippen molar-refractivity contribution in [2.75, 3.05) is 0 Å². The van der Waals surface area contributed by atoms with Gasteiger partial charge >= 0.3 is 0 Å². The molecule has 0 amide bonds. The van der Waals surface area contributed by atoms with E-state index in [-0.39, 0.29) is 0 Å². The van der Waals surface area contributed by atoms with Crippen LogP contribution in [-0.4, -0.2) is 15.0 Å². The summed E-state index contributed by atoms with van der Waals surface area (Å²) >= 11 is 12.3. The number of aryl methyl sites for hydroxylation is 1. The molecule has 0 aromatic carbocycles. The van der Waals surface area contributed by atoms with E-state index in [1.807, 2.05) is 19.2 Å². The first-order valence-corrected chi connectivity index (χ1v) is 6.58. The third kappa shape index (κ3) is 2.47. The standard InChI is InChI=1S/C13H13Cl2N3/c1-3-8-7-16-6-5-10(8)13-17-11(14)9(4-2)12(15)18-13/h5-7H,3-4H2,1-2H3. The van der Waals surface area contributed by atoms with Crippen molar-refractivity contribution in [2.45, 2.75) is 26.7 Å². The Labute approximate surface area is 116 Å². The van der Waals surface area contributed by atoms with E-state index >= 15 is 0 Å². The van der Waals surface area contributed by atoms with Gasteiger partial charge in [-0.3, -0.25) is 4.98 Å². The maximum atomic E-state index is 6.13. The van der Waals surface area contributed by atoms with Crippen molar-refractivity contribution in [3.8, 4) is 11.4 Å². The molecule has 3 nitrogen and oxygen atoms in total. The molecule has 0 saturated heterocycles. The van der Waals surface area contributed by atoms with Crippen molar-refractivity contribution in [1.82, 2.24) is 15.0 Å². The first kappa shape index (κ1) is 13.2. The second kappa shape index (κ2) is 5.63. The van der Waals surface area contributed by atoms with Gasteiger partial charge in [0.15, 0.2) is 5.82 Å². The zero-order valence-corrected chi connectivity index (χ0v) is 11.8. The molecule has 0 radical (unpaired) electrons. The highest BCUT2D eigenvalue weighted by molar-refractivity contribution is 6.34. The Hall–Kier alpha value is -1.19. The molecule has 0 atom stereocenters. The lowest BCUT2D eigenvalue weighted by Crippen LogP contribution is -1.99. The molecule has 5 heteroatoms. The first-order chi connectivity index (χ1) is 8.67. The zero-order valence-electron chi connectivity index (χ0n) is 10.2. The third-order valence-corrected chi connectivity index (χ3v) is 3.41. The van der Waals surface area contributed by atoms with Crippen LogP contribution in [0.15, 0.2) is 18.5 Å². The highest BCUT2D eigenvalue weighted by atomic mass is 35.5. The van der Waals surface area contributed by atoms with Crippen LogP contribution in [0.4, 0.5) is 0 Å². The van der Waals surface area contributed by atoms with Crippen molar-refractivity contribution >= 4 is 23.2 Å². The second-order valence-electron chi connectivity index (χ2n) is 3.85. The van der Waals surface area contributed by atoms with Crippen LogP contribution < -0.4 is 0 Å². The van der Waals surface area contributed by atoms with Crippen LogP contribution in [0.1, 0.15) is 25.0 Å². The highest BCUT2D eigenvalue weighted by Crippen LogP contribution is 2.27. The molecule has 0 saturated carbocycles. The van der Waals surface area contributed by atoms with Gasteiger partial charge in [0.25, 0.3) is 0 Å². The van der Waals surface area contributed by atoms with Crippen LogP contribution in [0, 0.1) is 0 Å². The van der Waals surface area contributed by atoms with E-state index in [9.17, 15) is 0 Å². The molecule has 2 rings (SSSR count). The number of halogens is 2. The predicted molar refractivity (Wildman–Crippen MR) is 74.0 cm³/mol.